The number of hydrogen-bond acceptors (Lipinski definition) is 3. The average molecular weight is 285 g/mol. The molecule has 0 spiro atoms. The molecule has 0 fully saturated rings. The van der Waals surface area contributed by atoms with E-state index in [0.29, 0.717) is 21.6 Å². The first-order chi connectivity index (χ1) is 8.42. The van der Waals surface area contributed by atoms with Crippen molar-refractivity contribution in [1.29, 1.82) is 0 Å². The van der Waals surface area contributed by atoms with E-state index in [1.54, 1.807) is 44.3 Å². The first kappa shape index (κ1) is 13.1. The SMILES string of the molecule is CC(C)S(=O)(=O)Nc1ccc(Cl)c2ncccc12. The van der Waals surface area contributed by atoms with Crippen LogP contribution in [-0.2, 0) is 10.0 Å². The third-order valence-corrected chi connectivity index (χ3v) is 4.64. The number of benzene rings is 1. The molecule has 1 N–H and O–H groups in total. The van der Waals surface area contributed by atoms with Crippen LogP contribution in [0, 0.1) is 0 Å². The predicted molar refractivity (Wildman–Crippen MR) is 74.4 cm³/mol. The molecule has 2 rings (SSSR count). The molecule has 0 saturated heterocycles. The Labute approximate surface area is 111 Å². The van der Waals surface area contributed by atoms with Crippen LogP contribution in [-0.4, -0.2) is 18.7 Å². The second-order valence-corrected chi connectivity index (χ2v) is 6.83. The number of anilines is 1. The van der Waals surface area contributed by atoms with Gasteiger partial charge in [-0.2, -0.15) is 0 Å². The van der Waals surface area contributed by atoms with E-state index < -0.39 is 15.3 Å². The minimum atomic E-state index is -3.38. The predicted octanol–water partition coefficient (Wildman–Crippen LogP) is 3.04. The van der Waals surface area contributed by atoms with Gasteiger partial charge in [-0.25, -0.2) is 8.42 Å². The monoisotopic (exact) mass is 284 g/mol. The molecule has 18 heavy (non-hydrogen) atoms. The summed E-state index contributed by atoms with van der Waals surface area (Å²) in [6.45, 7) is 3.25. The van der Waals surface area contributed by atoms with Gasteiger partial charge >= 0.3 is 0 Å². The smallest absolute Gasteiger partial charge is 0.235 e. The van der Waals surface area contributed by atoms with Gasteiger partial charge in [0.1, 0.15) is 0 Å². The minimum Gasteiger partial charge on any atom is -0.283 e. The number of pyridine rings is 1. The molecule has 0 bridgehead atoms. The zero-order valence-corrected chi connectivity index (χ0v) is 11.6. The van der Waals surface area contributed by atoms with Crippen molar-refractivity contribution in [2.45, 2.75) is 19.1 Å². The lowest BCUT2D eigenvalue weighted by Gasteiger charge is -2.13. The summed E-state index contributed by atoms with van der Waals surface area (Å²) in [5.41, 5.74) is 1.08. The summed E-state index contributed by atoms with van der Waals surface area (Å²) in [7, 11) is -3.38. The minimum absolute atomic E-state index is 0.496. The molecular weight excluding hydrogens is 272 g/mol. The Balaban J connectivity index is 2.57. The summed E-state index contributed by atoms with van der Waals surface area (Å²) in [5, 5.41) is 0.687. The molecule has 0 atom stereocenters. The van der Waals surface area contributed by atoms with Crippen LogP contribution in [0.15, 0.2) is 30.5 Å². The number of sulfonamides is 1. The van der Waals surface area contributed by atoms with Crippen molar-refractivity contribution in [3.8, 4) is 0 Å². The van der Waals surface area contributed by atoms with Crippen LogP contribution in [0.5, 0.6) is 0 Å². The molecule has 1 aromatic heterocycles. The van der Waals surface area contributed by atoms with Crippen molar-refractivity contribution < 1.29 is 8.42 Å². The summed E-state index contributed by atoms with van der Waals surface area (Å²) >= 11 is 6.02. The van der Waals surface area contributed by atoms with Gasteiger partial charge in [0.15, 0.2) is 0 Å². The average Bonchev–Trinajstić information content (AvgIpc) is 2.33. The highest BCUT2D eigenvalue weighted by Gasteiger charge is 2.17. The molecule has 0 aliphatic carbocycles. The van der Waals surface area contributed by atoms with Crippen LogP contribution >= 0.6 is 11.6 Å². The summed E-state index contributed by atoms with van der Waals surface area (Å²) in [5.74, 6) is 0. The number of rotatable bonds is 3. The van der Waals surface area contributed by atoms with Gasteiger partial charge in [0.25, 0.3) is 0 Å². The van der Waals surface area contributed by atoms with Crippen LogP contribution in [0.1, 0.15) is 13.8 Å². The Kier molecular flexibility index (Phi) is 3.45. The summed E-state index contributed by atoms with van der Waals surface area (Å²) in [4.78, 5) is 4.15. The molecule has 6 heteroatoms. The highest BCUT2D eigenvalue weighted by molar-refractivity contribution is 7.93. The number of aromatic nitrogens is 1. The van der Waals surface area contributed by atoms with Gasteiger partial charge in [-0.1, -0.05) is 11.6 Å². The Morgan fingerprint density at radius 2 is 2.00 bits per heavy atom. The standard InChI is InChI=1S/C12H13ClN2O2S/c1-8(2)18(16,17)15-11-6-5-10(13)12-9(11)4-3-7-14-12/h3-8,15H,1-2H3. The van der Waals surface area contributed by atoms with Crippen molar-refractivity contribution in [1.82, 2.24) is 4.98 Å². The first-order valence-corrected chi connectivity index (χ1v) is 7.39. The van der Waals surface area contributed by atoms with Crippen molar-refractivity contribution in [2.24, 2.45) is 0 Å². The van der Waals surface area contributed by atoms with Gasteiger partial charge in [0.05, 0.1) is 21.5 Å². The second kappa shape index (κ2) is 4.74. The van der Waals surface area contributed by atoms with Gasteiger partial charge in [-0.3, -0.25) is 9.71 Å². The number of nitrogens with one attached hydrogen (secondary N) is 1. The summed E-state index contributed by atoms with van der Waals surface area (Å²) in [6.07, 6.45) is 1.62. The molecule has 4 nitrogen and oxygen atoms in total. The van der Waals surface area contributed by atoms with Crippen LogP contribution < -0.4 is 4.72 Å². The van der Waals surface area contributed by atoms with Crippen molar-refractivity contribution in [2.75, 3.05) is 4.72 Å². The Morgan fingerprint density at radius 3 is 2.67 bits per heavy atom. The molecule has 0 aliphatic rings. The third-order valence-electron chi connectivity index (χ3n) is 2.59. The summed E-state index contributed by atoms with van der Waals surface area (Å²) < 4.78 is 26.3. The Bertz CT molecular complexity index is 684. The van der Waals surface area contributed by atoms with Crippen LogP contribution in [0.2, 0.25) is 5.02 Å². The fraction of sp³-hybridized carbons (Fsp3) is 0.250. The second-order valence-electron chi connectivity index (χ2n) is 4.19. The topological polar surface area (TPSA) is 59.1 Å². The van der Waals surface area contributed by atoms with Gasteiger partial charge < -0.3 is 0 Å². The van der Waals surface area contributed by atoms with E-state index in [1.807, 2.05) is 0 Å². The lowest BCUT2D eigenvalue weighted by Crippen LogP contribution is -2.22. The molecule has 0 radical (unpaired) electrons. The van der Waals surface area contributed by atoms with Gasteiger partial charge in [-0.15, -0.1) is 0 Å². The van der Waals surface area contributed by atoms with Gasteiger partial charge in [0, 0.05) is 11.6 Å². The van der Waals surface area contributed by atoms with Crippen LogP contribution in [0.25, 0.3) is 10.9 Å². The van der Waals surface area contributed by atoms with E-state index in [4.69, 9.17) is 11.6 Å². The first-order valence-electron chi connectivity index (χ1n) is 5.46. The van der Waals surface area contributed by atoms with Crippen LogP contribution in [0.4, 0.5) is 5.69 Å². The number of nitrogens with zero attached hydrogens (tertiary/aromatic N) is 1. The highest BCUT2D eigenvalue weighted by atomic mass is 35.5. The van der Waals surface area contributed by atoms with Gasteiger partial charge in [-0.05, 0) is 38.1 Å². The van der Waals surface area contributed by atoms with E-state index >= 15 is 0 Å². The molecule has 0 saturated carbocycles. The number of hydrogen-bond donors (Lipinski definition) is 1. The van der Waals surface area contributed by atoms with Crippen molar-refractivity contribution in [3.05, 3.63) is 35.5 Å². The normalized spacial score (nSPS) is 12.0. The zero-order valence-electron chi connectivity index (χ0n) is 10.0. The lowest BCUT2D eigenvalue weighted by molar-refractivity contribution is 0.593. The largest absolute Gasteiger partial charge is 0.283 e. The highest BCUT2D eigenvalue weighted by Crippen LogP contribution is 2.28. The quantitative estimate of drug-likeness (QED) is 0.942. The fourth-order valence-corrected chi connectivity index (χ4v) is 2.43. The zero-order chi connectivity index (χ0) is 13.3. The van der Waals surface area contributed by atoms with E-state index in [9.17, 15) is 8.42 Å². The lowest BCUT2D eigenvalue weighted by atomic mass is 10.2. The maximum absolute atomic E-state index is 11.9. The van der Waals surface area contributed by atoms with Gasteiger partial charge in [0.2, 0.25) is 10.0 Å². The molecule has 1 aromatic carbocycles. The summed E-state index contributed by atoms with van der Waals surface area (Å²) in [6, 6.07) is 6.81. The number of halogens is 1. The van der Waals surface area contributed by atoms with Crippen molar-refractivity contribution >= 4 is 38.2 Å². The molecular formula is C12H13ClN2O2S. The number of fused-ring (bicyclic) bond motifs is 1. The third kappa shape index (κ3) is 2.42. The maximum atomic E-state index is 11.9. The molecule has 1 heterocycles. The molecule has 0 amide bonds. The maximum Gasteiger partial charge on any atom is 0.235 e. The molecule has 96 valence electrons. The fourth-order valence-electron chi connectivity index (χ4n) is 1.50. The van der Waals surface area contributed by atoms with Crippen LogP contribution in [0.3, 0.4) is 0 Å². The van der Waals surface area contributed by atoms with Crippen molar-refractivity contribution in [3.63, 3.8) is 0 Å². The molecule has 0 unspecified atom stereocenters. The molecule has 2 aromatic rings. The van der Waals surface area contributed by atoms with E-state index in [-0.39, 0.29) is 0 Å². The van der Waals surface area contributed by atoms with E-state index in [2.05, 4.69) is 9.71 Å². The van der Waals surface area contributed by atoms with E-state index in [0.717, 1.165) is 0 Å². The Hall–Kier alpha value is -1.33. The van der Waals surface area contributed by atoms with E-state index in [1.165, 1.54) is 0 Å². The Morgan fingerprint density at radius 1 is 1.28 bits per heavy atom. The molecule has 0 aliphatic heterocycles.